The van der Waals surface area contributed by atoms with Gasteiger partial charge in [0.2, 0.25) is 0 Å². The van der Waals surface area contributed by atoms with E-state index in [-0.39, 0.29) is 23.2 Å². The first-order chi connectivity index (χ1) is 20.7. The second kappa shape index (κ2) is 13.5. The third kappa shape index (κ3) is 7.32. The smallest absolute Gasteiger partial charge is 0.271 e. The number of ether oxygens (including phenoxy) is 2. The van der Waals surface area contributed by atoms with E-state index in [1.54, 1.807) is 78.9 Å². The molecule has 8 nitrogen and oxygen atoms in total. The molecule has 0 aliphatic carbocycles. The molecule has 1 saturated heterocycles. The molecule has 0 atom stereocenters. The Kier molecular flexibility index (Phi) is 9.57. The second-order valence-electron chi connectivity index (χ2n) is 9.07. The van der Waals surface area contributed by atoms with Crippen LogP contribution in [-0.2, 0) is 11.4 Å². The molecule has 12 heteroatoms. The maximum atomic E-state index is 13.7. The van der Waals surface area contributed by atoms with Crippen LogP contribution in [0, 0.1) is 10.1 Å². The van der Waals surface area contributed by atoms with Crippen LogP contribution in [0.5, 0.6) is 11.5 Å². The normalized spacial score (nSPS) is 14.9. The zero-order chi connectivity index (χ0) is 30.5. The first kappa shape index (κ1) is 30.4. The van der Waals surface area contributed by atoms with Gasteiger partial charge >= 0.3 is 0 Å². The van der Waals surface area contributed by atoms with Crippen LogP contribution in [0.25, 0.3) is 6.08 Å². The molecule has 4 aromatic carbocycles. The molecule has 1 amide bonds. The van der Waals surface area contributed by atoms with Crippen LogP contribution in [0.3, 0.4) is 0 Å². The number of carbonyl (C=O) groups excluding carboxylic acids is 1. The molecule has 1 heterocycles. The van der Waals surface area contributed by atoms with Crippen LogP contribution in [0.15, 0.2) is 94.8 Å². The van der Waals surface area contributed by atoms with Gasteiger partial charge in [-0.2, -0.15) is 0 Å². The van der Waals surface area contributed by atoms with Gasteiger partial charge in [0.05, 0.1) is 32.8 Å². The molecule has 218 valence electrons. The van der Waals surface area contributed by atoms with Crippen molar-refractivity contribution in [1.82, 2.24) is 0 Å². The number of hydrogen-bond donors (Lipinski definition) is 0. The summed E-state index contributed by atoms with van der Waals surface area (Å²) in [6, 6.07) is 23.4. The zero-order valence-corrected chi connectivity index (χ0v) is 25.6. The van der Waals surface area contributed by atoms with Crippen molar-refractivity contribution in [2.75, 3.05) is 11.5 Å². The third-order valence-electron chi connectivity index (χ3n) is 6.10. The van der Waals surface area contributed by atoms with Crippen molar-refractivity contribution in [2.24, 2.45) is 4.99 Å². The Morgan fingerprint density at radius 3 is 2.21 bits per heavy atom. The Bertz CT molecular complexity index is 1730. The van der Waals surface area contributed by atoms with E-state index in [9.17, 15) is 14.9 Å². The van der Waals surface area contributed by atoms with Gasteiger partial charge in [-0.05, 0) is 109 Å². The first-order valence-corrected chi connectivity index (χ1v) is 14.8. The average Bonchev–Trinajstić information content (AvgIpc) is 3.28. The molecule has 0 saturated carbocycles. The van der Waals surface area contributed by atoms with E-state index in [1.165, 1.54) is 28.8 Å². The van der Waals surface area contributed by atoms with Crippen LogP contribution in [0.2, 0.25) is 15.1 Å². The average molecular weight is 655 g/mol. The predicted octanol–water partition coefficient (Wildman–Crippen LogP) is 9.34. The number of nitro groups is 1. The summed E-state index contributed by atoms with van der Waals surface area (Å²) in [4.78, 5) is 30.8. The highest BCUT2D eigenvalue weighted by Crippen LogP contribution is 2.41. The van der Waals surface area contributed by atoms with Gasteiger partial charge in [-0.1, -0.05) is 34.8 Å². The van der Waals surface area contributed by atoms with E-state index in [2.05, 4.69) is 0 Å². The van der Waals surface area contributed by atoms with Crippen LogP contribution >= 0.6 is 46.6 Å². The highest BCUT2D eigenvalue weighted by Gasteiger charge is 2.35. The first-order valence-electron chi connectivity index (χ1n) is 12.9. The van der Waals surface area contributed by atoms with E-state index in [1.807, 2.05) is 6.92 Å². The number of anilines is 1. The van der Waals surface area contributed by atoms with Gasteiger partial charge in [0.15, 0.2) is 16.7 Å². The van der Waals surface area contributed by atoms with Crippen molar-refractivity contribution in [3.8, 4) is 11.5 Å². The van der Waals surface area contributed by atoms with Crippen molar-refractivity contribution in [3.05, 3.63) is 126 Å². The number of aliphatic imine (C=N–C) groups is 1. The monoisotopic (exact) mass is 653 g/mol. The zero-order valence-electron chi connectivity index (χ0n) is 22.5. The Balaban J connectivity index is 1.45. The lowest BCUT2D eigenvalue weighted by atomic mass is 10.1. The molecule has 0 N–H and O–H groups in total. The van der Waals surface area contributed by atoms with E-state index < -0.39 is 4.92 Å². The predicted molar refractivity (Wildman–Crippen MR) is 173 cm³/mol. The van der Waals surface area contributed by atoms with Gasteiger partial charge in [0.1, 0.15) is 6.61 Å². The maximum absolute atomic E-state index is 13.7. The number of nitrogens with zero attached hydrogens (tertiary/aromatic N) is 3. The Morgan fingerprint density at radius 2 is 1.58 bits per heavy atom. The Morgan fingerprint density at radius 1 is 0.930 bits per heavy atom. The molecule has 43 heavy (non-hydrogen) atoms. The van der Waals surface area contributed by atoms with Crippen LogP contribution in [0.4, 0.5) is 17.1 Å². The van der Waals surface area contributed by atoms with E-state index >= 15 is 0 Å². The number of halogens is 3. The number of amidine groups is 1. The number of amides is 1. The Hall–Kier alpha value is -4.02. The van der Waals surface area contributed by atoms with Crippen molar-refractivity contribution in [1.29, 1.82) is 0 Å². The Labute approximate surface area is 266 Å². The minimum Gasteiger partial charge on any atom is -0.490 e. The molecule has 1 aliphatic heterocycles. The van der Waals surface area contributed by atoms with Crippen molar-refractivity contribution >= 4 is 80.8 Å². The van der Waals surface area contributed by atoms with Crippen LogP contribution in [-0.4, -0.2) is 22.6 Å². The van der Waals surface area contributed by atoms with Gasteiger partial charge in [-0.3, -0.25) is 19.8 Å². The lowest BCUT2D eigenvalue weighted by Gasteiger charge is -2.16. The summed E-state index contributed by atoms with van der Waals surface area (Å²) in [5, 5.41) is 12.8. The lowest BCUT2D eigenvalue weighted by Crippen LogP contribution is -2.28. The summed E-state index contributed by atoms with van der Waals surface area (Å²) in [7, 11) is 0. The van der Waals surface area contributed by atoms with E-state index in [0.717, 1.165) is 5.56 Å². The highest BCUT2D eigenvalue weighted by molar-refractivity contribution is 8.19. The molecule has 1 fully saturated rings. The summed E-state index contributed by atoms with van der Waals surface area (Å²) < 4.78 is 11.8. The SMILES string of the molecule is CCOc1cc(/C=C2\SC(=Nc3ccc(Cl)cc3)N(c3ccc(Cl)cc3)C2=O)cc(Cl)c1OCc1ccc([N+](=O)[O-])cc1. The molecule has 0 radical (unpaired) electrons. The third-order valence-corrected chi connectivity index (χ3v) is 7.86. The van der Waals surface area contributed by atoms with E-state index in [4.69, 9.17) is 49.3 Å². The minimum absolute atomic E-state index is 0.00972. The number of rotatable bonds is 9. The van der Waals surface area contributed by atoms with Gasteiger partial charge in [-0.15, -0.1) is 0 Å². The maximum Gasteiger partial charge on any atom is 0.271 e. The van der Waals surface area contributed by atoms with Gasteiger partial charge in [0.25, 0.3) is 11.6 Å². The highest BCUT2D eigenvalue weighted by atomic mass is 35.5. The van der Waals surface area contributed by atoms with Crippen molar-refractivity contribution < 1.29 is 19.2 Å². The minimum atomic E-state index is -0.462. The van der Waals surface area contributed by atoms with Gasteiger partial charge in [0, 0.05) is 22.2 Å². The number of hydrogen-bond acceptors (Lipinski definition) is 7. The molecule has 0 unspecified atom stereocenters. The molecule has 1 aliphatic rings. The fourth-order valence-electron chi connectivity index (χ4n) is 4.09. The number of nitro benzene ring substituents is 1. The quantitative estimate of drug-likeness (QED) is 0.101. The molecule has 4 aromatic rings. The van der Waals surface area contributed by atoms with Crippen molar-refractivity contribution in [3.63, 3.8) is 0 Å². The standard InChI is InChI=1S/C31H22Cl3N3O5S/c1-2-41-27-16-20(15-26(34)29(27)42-18-19-3-11-25(12-4-19)37(39)40)17-28-30(38)36(24-13-7-22(33)8-14-24)31(43-28)35-23-9-5-21(32)6-10-23/h3-17H,2,18H2,1H3/b28-17-,35-31?. The van der Waals surface area contributed by atoms with Crippen LogP contribution < -0.4 is 14.4 Å². The molecule has 0 bridgehead atoms. The summed E-state index contributed by atoms with van der Waals surface area (Å²) in [5.41, 5.74) is 2.58. The fraction of sp³-hybridized carbons (Fsp3) is 0.0968. The molecular formula is C31H22Cl3N3O5S. The van der Waals surface area contributed by atoms with Crippen LogP contribution in [0.1, 0.15) is 18.1 Å². The lowest BCUT2D eigenvalue weighted by molar-refractivity contribution is -0.384. The number of carbonyl (C=O) groups is 1. The van der Waals surface area contributed by atoms with Gasteiger partial charge < -0.3 is 9.47 Å². The summed E-state index contributed by atoms with van der Waals surface area (Å²) >= 11 is 20.0. The summed E-state index contributed by atoms with van der Waals surface area (Å²) in [6.45, 7) is 2.30. The second-order valence-corrected chi connectivity index (χ2v) is 11.4. The number of benzene rings is 4. The fourth-order valence-corrected chi connectivity index (χ4v) is 5.61. The number of non-ortho nitro benzene ring substituents is 1. The largest absolute Gasteiger partial charge is 0.490 e. The summed E-state index contributed by atoms with van der Waals surface area (Å²) in [5.74, 6) is 0.443. The van der Waals surface area contributed by atoms with E-state index in [0.29, 0.717) is 55.2 Å². The summed E-state index contributed by atoms with van der Waals surface area (Å²) in [6.07, 6.45) is 1.72. The molecule has 0 spiro atoms. The molecule has 5 rings (SSSR count). The van der Waals surface area contributed by atoms with Gasteiger partial charge in [-0.25, -0.2) is 4.99 Å². The molecular weight excluding hydrogens is 633 g/mol. The number of thioether (sulfide) groups is 1. The van der Waals surface area contributed by atoms with Crippen molar-refractivity contribution in [2.45, 2.75) is 13.5 Å². The molecule has 0 aromatic heterocycles. The topological polar surface area (TPSA) is 94.3 Å².